The van der Waals surface area contributed by atoms with E-state index in [0.717, 1.165) is 16.6 Å². The first-order valence-electron chi connectivity index (χ1n) is 9.23. The van der Waals surface area contributed by atoms with Crippen LogP contribution in [0.4, 0.5) is 5.69 Å². The Bertz CT molecular complexity index is 1170. The largest absolute Gasteiger partial charge is 0.448 e. The smallest absolute Gasteiger partial charge is 0.360 e. The van der Waals surface area contributed by atoms with Crippen molar-refractivity contribution in [2.24, 2.45) is 0 Å². The van der Waals surface area contributed by atoms with Crippen molar-refractivity contribution in [2.75, 3.05) is 5.32 Å². The number of esters is 1. The van der Waals surface area contributed by atoms with E-state index in [4.69, 9.17) is 4.74 Å². The quantitative estimate of drug-likeness (QED) is 0.498. The molecule has 0 aliphatic carbocycles. The molecule has 4 aromatic rings. The van der Waals surface area contributed by atoms with Gasteiger partial charge in [-0.25, -0.2) is 4.79 Å². The van der Waals surface area contributed by atoms with Crippen LogP contribution in [0.15, 0.2) is 78.9 Å². The van der Waals surface area contributed by atoms with E-state index in [1.165, 1.54) is 6.92 Å². The number of aromatic nitrogens is 2. The maximum absolute atomic E-state index is 12.6. The van der Waals surface area contributed by atoms with Gasteiger partial charge in [-0.2, -0.15) is 5.10 Å². The van der Waals surface area contributed by atoms with Crippen molar-refractivity contribution >= 4 is 28.5 Å². The zero-order chi connectivity index (χ0) is 20.2. The maximum Gasteiger partial charge on any atom is 0.360 e. The Labute approximate surface area is 167 Å². The first-order chi connectivity index (χ1) is 14.1. The van der Waals surface area contributed by atoms with Crippen LogP contribution in [-0.4, -0.2) is 28.2 Å². The second kappa shape index (κ2) is 7.98. The predicted octanol–water partition coefficient (Wildman–Crippen LogP) is 4.41. The number of hydrogen-bond donors (Lipinski definition) is 2. The van der Waals surface area contributed by atoms with Crippen LogP contribution in [0.3, 0.4) is 0 Å². The van der Waals surface area contributed by atoms with E-state index in [1.807, 2.05) is 72.8 Å². The minimum absolute atomic E-state index is 0.157. The molecule has 0 saturated heterocycles. The van der Waals surface area contributed by atoms with Crippen LogP contribution in [0.1, 0.15) is 17.4 Å². The molecule has 0 bridgehead atoms. The number of H-pyrrole nitrogens is 1. The number of fused-ring (bicyclic) bond motifs is 1. The number of hydrogen-bond acceptors (Lipinski definition) is 4. The van der Waals surface area contributed by atoms with Gasteiger partial charge in [0, 0.05) is 16.6 Å². The van der Waals surface area contributed by atoms with Gasteiger partial charge in [0.2, 0.25) is 0 Å². The van der Waals surface area contributed by atoms with Crippen LogP contribution in [0, 0.1) is 0 Å². The molecular formula is C23H19N3O3. The molecule has 6 heteroatoms. The number of anilines is 1. The van der Waals surface area contributed by atoms with Crippen molar-refractivity contribution in [1.82, 2.24) is 10.2 Å². The summed E-state index contributed by atoms with van der Waals surface area (Å²) in [5.74, 6) is -1.07. The highest BCUT2D eigenvalue weighted by molar-refractivity contribution is 6.04. The van der Waals surface area contributed by atoms with Gasteiger partial charge in [0.1, 0.15) is 0 Å². The fraction of sp³-hybridized carbons (Fsp3) is 0.0870. The van der Waals surface area contributed by atoms with Gasteiger partial charge in [-0.3, -0.25) is 9.89 Å². The van der Waals surface area contributed by atoms with E-state index in [-0.39, 0.29) is 5.69 Å². The van der Waals surface area contributed by atoms with Gasteiger partial charge in [-0.15, -0.1) is 0 Å². The molecule has 1 heterocycles. The topological polar surface area (TPSA) is 84.1 Å². The summed E-state index contributed by atoms with van der Waals surface area (Å²) in [5, 5.41) is 10.3. The first kappa shape index (κ1) is 18.4. The molecule has 1 atom stereocenters. The Morgan fingerprint density at radius 2 is 1.62 bits per heavy atom. The first-order valence-corrected chi connectivity index (χ1v) is 9.23. The molecule has 1 aromatic heterocycles. The Morgan fingerprint density at radius 3 is 2.45 bits per heavy atom. The molecule has 29 heavy (non-hydrogen) atoms. The Kier molecular flexibility index (Phi) is 5.07. The van der Waals surface area contributed by atoms with Gasteiger partial charge < -0.3 is 10.1 Å². The van der Waals surface area contributed by atoms with Gasteiger partial charge >= 0.3 is 5.97 Å². The molecule has 0 saturated carbocycles. The molecule has 0 fully saturated rings. The molecule has 2 N–H and O–H groups in total. The lowest BCUT2D eigenvalue weighted by atomic mass is 10.0. The standard InChI is InChI=1S/C23H19N3O3/c1-15(29-23(28)21-18-12-6-8-14-20(18)25-26-21)22(27)24-19-13-7-5-11-17(19)16-9-3-2-4-10-16/h2-15H,1H3,(H,24,27)(H,25,26)/t15-/m1/s1. The van der Waals surface area contributed by atoms with Crippen LogP contribution >= 0.6 is 0 Å². The van der Waals surface area contributed by atoms with Gasteiger partial charge in [-0.1, -0.05) is 66.7 Å². The molecule has 4 rings (SSSR count). The Hall–Kier alpha value is -3.93. The highest BCUT2D eigenvalue weighted by atomic mass is 16.5. The zero-order valence-electron chi connectivity index (χ0n) is 15.8. The second-order valence-corrected chi connectivity index (χ2v) is 6.57. The number of nitrogens with zero attached hydrogens (tertiary/aromatic N) is 1. The number of rotatable bonds is 5. The van der Waals surface area contributed by atoms with Gasteiger partial charge in [0.15, 0.2) is 11.8 Å². The SMILES string of the molecule is C[C@@H](OC(=O)c1n[nH]c2ccccc12)C(=O)Nc1ccccc1-c1ccccc1. The second-order valence-electron chi connectivity index (χ2n) is 6.57. The number of nitrogens with one attached hydrogen (secondary N) is 2. The summed E-state index contributed by atoms with van der Waals surface area (Å²) >= 11 is 0. The molecule has 3 aromatic carbocycles. The predicted molar refractivity (Wildman–Crippen MR) is 111 cm³/mol. The fourth-order valence-electron chi connectivity index (χ4n) is 3.08. The Morgan fingerprint density at radius 1 is 0.931 bits per heavy atom. The normalized spacial score (nSPS) is 11.8. The van der Waals surface area contributed by atoms with E-state index in [0.29, 0.717) is 11.1 Å². The van der Waals surface area contributed by atoms with E-state index < -0.39 is 18.0 Å². The van der Waals surface area contributed by atoms with Crippen molar-refractivity contribution in [3.05, 3.63) is 84.6 Å². The number of ether oxygens (including phenoxy) is 1. The van der Waals surface area contributed by atoms with Crippen LogP contribution in [0.25, 0.3) is 22.0 Å². The summed E-state index contributed by atoms with van der Waals surface area (Å²) in [5.41, 5.74) is 3.41. The average molecular weight is 385 g/mol. The summed E-state index contributed by atoms with van der Waals surface area (Å²) in [4.78, 5) is 25.1. The molecular weight excluding hydrogens is 366 g/mol. The van der Waals surface area contributed by atoms with Gasteiger partial charge in [0.25, 0.3) is 5.91 Å². The van der Waals surface area contributed by atoms with Gasteiger partial charge in [0.05, 0.1) is 5.52 Å². The lowest BCUT2D eigenvalue weighted by molar-refractivity contribution is -0.123. The molecule has 0 radical (unpaired) electrons. The van der Waals surface area contributed by atoms with Crippen molar-refractivity contribution < 1.29 is 14.3 Å². The monoisotopic (exact) mass is 385 g/mol. The zero-order valence-corrected chi connectivity index (χ0v) is 15.8. The average Bonchev–Trinajstić information content (AvgIpc) is 3.19. The van der Waals surface area contributed by atoms with Crippen molar-refractivity contribution in [3.63, 3.8) is 0 Å². The number of amides is 1. The summed E-state index contributed by atoms with van der Waals surface area (Å²) < 4.78 is 5.35. The van der Waals surface area contributed by atoms with E-state index >= 15 is 0 Å². The third-order valence-electron chi connectivity index (χ3n) is 4.59. The lowest BCUT2D eigenvalue weighted by Gasteiger charge is -2.15. The highest BCUT2D eigenvalue weighted by Gasteiger charge is 2.23. The number of carbonyl (C=O) groups excluding carboxylic acids is 2. The molecule has 0 aliphatic rings. The minimum Gasteiger partial charge on any atom is -0.448 e. The van der Waals surface area contributed by atoms with Crippen LogP contribution in [0.2, 0.25) is 0 Å². The lowest BCUT2D eigenvalue weighted by Crippen LogP contribution is -2.30. The molecule has 0 spiro atoms. The Balaban J connectivity index is 1.49. The third kappa shape index (κ3) is 3.87. The fourth-order valence-corrected chi connectivity index (χ4v) is 3.08. The van der Waals surface area contributed by atoms with Crippen molar-refractivity contribution in [1.29, 1.82) is 0 Å². The summed E-state index contributed by atoms with van der Waals surface area (Å²) in [6.07, 6.45) is -0.984. The molecule has 1 amide bonds. The molecule has 144 valence electrons. The van der Waals surface area contributed by atoms with E-state index in [1.54, 1.807) is 6.07 Å². The summed E-state index contributed by atoms with van der Waals surface area (Å²) in [7, 11) is 0. The van der Waals surface area contributed by atoms with E-state index in [2.05, 4.69) is 15.5 Å². The maximum atomic E-state index is 12.6. The van der Waals surface area contributed by atoms with Crippen LogP contribution in [0.5, 0.6) is 0 Å². The van der Waals surface area contributed by atoms with Crippen LogP contribution in [-0.2, 0) is 9.53 Å². The number of benzene rings is 3. The van der Waals surface area contributed by atoms with Crippen molar-refractivity contribution in [2.45, 2.75) is 13.0 Å². The third-order valence-corrected chi connectivity index (χ3v) is 4.59. The minimum atomic E-state index is -0.984. The highest BCUT2D eigenvalue weighted by Crippen LogP contribution is 2.27. The number of aromatic amines is 1. The molecule has 0 aliphatic heterocycles. The summed E-state index contributed by atoms with van der Waals surface area (Å²) in [6, 6.07) is 24.5. The number of carbonyl (C=O) groups is 2. The molecule has 0 unspecified atom stereocenters. The van der Waals surface area contributed by atoms with Crippen LogP contribution < -0.4 is 5.32 Å². The van der Waals surface area contributed by atoms with Crippen molar-refractivity contribution in [3.8, 4) is 11.1 Å². The van der Waals surface area contributed by atoms with E-state index in [9.17, 15) is 9.59 Å². The molecule has 6 nitrogen and oxygen atoms in total. The number of para-hydroxylation sites is 2. The van der Waals surface area contributed by atoms with Gasteiger partial charge in [-0.05, 0) is 24.6 Å². The summed E-state index contributed by atoms with van der Waals surface area (Å²) in [6.45, 7) is 1.53.